The summed E-state index contributed by atoms with van der Waals surface area (Å²) >= 11 is 0. The van der Waals surface area contributed by atoms with Crippen LogP contribution in [0.4, 0.5) is 0 Å². The van der Waals surface area contributed by atoms with E-state index in [2.05, 4.69) is 19.9 Å². The molecule has 4 atom stereocenters. The van der Waals surface area contributed by atoms with E-state index in [4.69, 9.17) is 9.88 Å². The van der Waals surface area contributed by atoms with Gasteiger partial charge in [-0.25, -0.2) is 13.6 Å². The molecular weight excluding hydrogens is 328 g/mol. The summed E-state index contributed by atoms with van der Waals surface area (Å²) in [6, 6.07) is 0. The fourth-order valence-corrected chi connectivity index (χ4v) is 5.39. The molecule has 24 heavy (non-hydrogen) atoms. The van der Waals surface area contributed by atoms with Crippen molar-refractivity contribution in [3.8, 4) is 0 Å². The van der Waals surface area contributed by atoms with E-state index in [0.29, 0.717) is 44.0 Å². The summed E-state index contributed by atoms with van der Waals surface area (Å²) in [6.45, 7) is 7.04. The number of sulfonamides is 1. The van der Waals surface area contributed by atoms with Crippen LogP contribution < -0.4 is 5.14 Å². The molecule has 2 fully saturated rings. The van der Waals surface area contributed by atoms with Gasteiger partial charge in [-0.1, -0.05) is 19.9 Å². The van der Waals surface area contributed by atoms with Crippen LogP contribution in [0.25, 0.3) is 0 Å². The number of ether oxygens (including phenoxy) is 1. The molecule has 1 saturated heterocycles. The van der Waals surface area contributed by atoms with Gasteiger partial charge in [0.25, 0.3) is 0 Å². The van der Waals surface area contributed by atoms with E-state index in [1.54, 1.807) is 0 Å². The third-order valence-corrected chi connectivity index (χ3v) is 7.64. The molecule has 0 aromatic carbocycles. The molecule has 0 unspecified atom stereocenters. The highest BCUT2D eigenvalue weighted by Gasteiger charge is 2.50. The van der Waals surface area contributed by atoms with Gasteiger partial charge in [-0.05, 0) is 48.6 Å². The van der Waals surface area contributed by atoms with Crippen LogP contribution in [0.1, 0.15) is 33.1 Å². The monoisotopic (exact) mass is 358 g/mol. The van der Waals surface area contributed by atoms with Gasteiger partial charge in [0.2, 0.25) is 10.0 Å². The summed E-state index contributed by atoms with van der Waals surface area (Å²) in [5.74, 6) is 1.45. The molecule has 0 radical (unpaired) electrons. The predicted octanol–water partition coefficient (Wildman–Crippen LogP) is 0.719. The molecule has 7 heteroatoms. The van der Waals surface area contributed by atoms with Crippen LogP contribution in [0, 0.1) is 17.3 Å². The van der Waals surface area contributed by atoms with Crippen molar-refractivity contribution < 1.29 is 18.3 Å². The first-order valence-corrected chi connectivity index (χ1v) is 10.5. The smallest absolute Gasteiger partial charge is 0.213 e. The van der Waals surface area contributed by atoms with Crippen molar-refractivity contribution in [2.24, 2.45) is 22.4 Å². The molecule has 4 rings (SSSR count). The van der Waals surface area contributed by atoms with Crippen molar-refractivity contribution in [1.82, 2.24) is 4.90 Å². The quantitative estimate of drug-likeness (QED) is 0.654. The second kappa shape index (κ2) is 6.68. The molecule has 1 saturated carbocycles. The Labute approximate surface area is 145 Å². The van der Waals surface area contributed by atoms with Crippen LogP contribution in [0.3, 0.4) is 0 Å². The minimum Gasteiger partial charge on any atom is -0.389 e. The molecule has 0 spiro atoms. The van der Waals surface area contributed by atoms with Gasteiger partial charge in [0.1, 0.15) is 0 Å². The van der Waals surface area contributed by atoms with Gasteiger partial charge in [0, 0.05) is 13.1 Å². The first-order valence-electron chi connectivity index (χ1n) is 8.86. The first-order chi connectivity index (χ1) is 11.2. The van der Waals surface area contributed by atoms with E-state index in [-0.39, 0.29) is 6.61 Å². The molecule has 3 aliphatic carbocycles. The molecule has 2 bridgehead atoms. The summed E-state index contributed by atoms with van der Waals surface area (Å²) in [7, 11) is -3.48. The van der Waals surface area contributed by atoms with Crippen LogP contribution in [0.5, 0.6) is 0 Å². The minimum absolute atomic E-state index is 0.282. The Bertz CT molecular complexity index is 602. The zero-order chi connectivity index (χ0) is 17.5. The van der Waals surface area contributed by atoms with Crippen molar-refractivity contribution >= 4 is 10.0 Å². The standard InChI is InChI=1S/C17H30N2O4S/c1-17(2)13-4-3-12(16(17)7-13)10-23-11-14(20)8-19-6-5-15(9-19)24(18,21)22/h3,13-16,20H,4-11H2,1-2H3,(H2,18,21,22)/t13-,14-,15+,16+/m0/s1. The minimum atomic E-state index is -3.48. The highest BCUT2D eigenvalue weighted by molar-refractivity contribution is 7.89. The molecule has 4 aliphatic rings. The van der Waals surface area contributed by atoms with Crippen LogP contribution in [-0.4, -0.2) is 62.6 Å². The van der Waals surface area contributed by atoms with Gasteiger partial charge in [-0.3, -0.25) is 4.90 Å². The van der Waals surface area contributed by atoms with Crippen molar-refractivity contribution in [1.29, 1.82) is 0 Å². The largest absolute Gasteiger partial charge is 0.389 e. The summed E-state index contributed by atoms with van der Waals surface area (Å²) in [6.07, 6.45) is 4.67. The number of hydrogen-bond acceptors (Lipinski definition) is 5. The van der Waals surface area contributed by atoms with Crippen LogP contribution in [0.15, 0.2) is 11.6 Å². The highest BCUT2D eigenvalue weighted by Crippen LogP contribution is 2.59. The maximum Gasteiger partial charge on any atom is 0.213 e. The predicted molar refractivity (Wildman–Crippen MR) is 92.9 cm³/mol. The molecular formula is C17H30N2O4S. The molecule has 138 valence electrons. The average Bonchev–Trinajstić information content (AvgIpc) is 2.95. The third kappa shape index (κ3) is 3.70. The topological polar surface area (TPSA) is 92.9 Å². The lowest BCUT2D eigenvalue weighted by Crippen LogP contribution is -2.48. The number of likely N-dealkylation sites (tertiary alicyclic amines) is 1. The Morgan fingerprint density at radius 1 is 1.50 bits per heavy atom. The number of aliphatic hydroxyl groups is 1. The van der Waals surface area contributed by atoms with Crippen molar-refractivity contribution in [2.45, 2.75) is 44.5 Å². The Hall–Kier alpha value is -0.470. The first kappa shape index (κ1) is 18.3. The molecule has 1 aliphatic heterocycles. The summed E-state index contributed by atoms with van der Waals surface area (Å²) in [5.41, 5.74) is 1.77. The van der Waals surface area contributed by atoms with E-state index >= 15 is 0 Å². The number of β-amino-alcohol motifs (C(OH)–C–C–N with tert-alkyl or cyclic N) is 1. The van der Waals surface area contributed by atoms with E-state index in [0.717, 1.165) is 12.3 Å². The van der Waals surface area contributed by atoms with Crippen molar-refractivity contribution in [2.75, 3.05) is 32.8 Å². The maximum absolute atomic E-state index is 11.4. The van der Waals surface area contributed by atoms with Gasteiger partial charge in [0.05, 0.1) is 24.6 Å². The zero-order valence-electron chi connectivity index (χ0n) is 14.6. The van der Waals surface area contributed by atoms with Crippen LogP contribution >= 0.6 is 0 Å². The second-order valence-corrected chi connectivity index (χ2v) is 10.1. The van der Waals surface area contributed by atoms with Gasteiger partial charge < -0.3 is 9.84 Å². The Morgan fingerprint density at radius 2 is 2.25 bits per heavy atom. The van der Waals surface area contributed by atoms with Crippen LogP contribution in [0.2, 0.25) is 0 Å². The van der Waals surface area contributed by atoms with Crippen LogP contribution in [-0.2, 0) is 14.8 Å². The molecule has 1 heterocycles. The number of aliphatic hydroxyl groups excluding tert-OH is 1. The number of hydrogen-bond donors (Lipinski definition) is 2. The lowest BCUT2D eigenvalue weighted by molar-refractivity contribution is -0.0256. The average molecular weight is 359 g/mol. The van der Waals surface area contributed by atoms with Gasteiger partial charge in [0.15, 0.2) is 0 Å². The Balaban J connectivity index is 1.38. The highest BCUT2D eigenvalue weighted by atomic mass is 32.2. The summed E-state index contributed by atoms with van der Waals surface area (Å²) in [5, 5.41) is 14.8. The third-order valence-electron chi connectivity index (χ3n) is 6.32. The van der Waals surface area contributed by atoms with Crippen molar-refractivity contribution in [3.05, 3.63) is 11.6 Å². The van der Waals surface area contributed by atoms with E-state index in [1.807, 2.05) is 4.90 Å². The number of primary sulfonamides is 1. The number of allylic oxidation sites excluding steroid dienone is 1. The summed E-state index contributed by atoms with van der Waals surface area (Å²) < 4.78 is 28.5. The van der Waals surface area contributed by atoms with Gasteiger partial charge in [-0.15, -0.1) is 0 Å². The Kier molecular flexibility index (Phi) is 5.10. The normalized spacial score (nSPS) is 33.8. The lowest BCUT2D eigenvalue weighted by Gasteiger charge is -2.56. The fraction of sp³-hybridized carbons (Fsp3) is 0.882. The number of nitrogens with zero attached hydrogens (tertiary/aromatic N) is 1. The molecule has 0 aromatic heterocycles. The second-order valence-electron chi connectivity index (χ2n) is 8.25. The van der Waals surface area contributed by atoms with E-state index < -0.39 is 21.4 Å². The maximum atomic E-state index is 11.4. The fourth-order valence-electron chi connectivity index (χ4n) is 4.54. The number of fused-ring (bicyclic) bond motifs is 1. The number of rotatable bonds is 7. The Morgan fingerprint density at radius 3 is 2.83 bits per heavy atom. The molecule has 0 aromatic rings. The van der Waals surface area contributed by atoms with Gasteiger partial charge in [-0.2, -0.15) is 0 Å². The number of nitrogens with two attached hydrogens (primary N) is 1. The van der Waals surface area contributed by atoms with Crippen molar-refractivity contribution in [3.63, 3.8) is 0 Å². The van der Waals surface area contributed by atoms with Gasteiger partial charge >= 0.3 is 0 Å². The SMILES string of the molecule is CC1(C)[C@H]2CC=C(COC[C@@H](O)CN3CC[C@@H](S(N)(=O)=O)C3)[C@H]1C2. The molecule has 0 amide bonds. The summed E-state index contributed by atoms with van der Waals surface area (Å²) in [4.78, 5) is 1.95. The lowest BCUT2D eigenvalue weighted by atomic mass is 9.49. The molecule has 6 nitrogen and oxygen atoms in total. The molecule has 3 N–H and O–H groups in total. The van der Waals surface area contributed by atoms with E-state index in [9.17, 15) is 13.5 Å². The zero-order valence-corrected chi connectivity index (χ0v) is 15.5. The van der Waals surface area contributed by atoms with E-state index in [1.165, 1.54) is 12.0 Å².